The summed E-state index contributed by atoms with van der Waals surface area (Å²) in [6.07, 6.45) is 0.402. The predicted octanol–water partition coefficient (Wildman–Crippen LogP) is 4.01. The number of carbonyl (C=O) groups excluding carboxylic acids is 8. The molecule has 9 N–H and O–H groups in total. The first kappa shape index (κ1) is 81.0. The highest BCUT2D eigenvalue weighted by atomic mass is 16.5. The summed E-state index contributed by atoms with van der Waals surface area (Å²) in [5.74, 6) is -3.64. The topological polar surface area (TPSA) is 335 Å². The Bertz CT molecular complexity index is 1820. The SMILES string of the molecule is CC.CC.CC.CC.CC.CC(C)C(NC(=O)CN1C(=O)CCC1CNC(=O)CCO)C(=O)NCC=O.CCOC(C)(C)COC.CNc1ccc(COC=O)c(CCC2CC(O)[C@H](O)C(C(=O)O)O2)c1.O=C1C=CC(=O)N1. The van der Waals surface area contributed by atoms with Gasteiger partial charge in [0.1, 0.15) is 25.0 Å². The van der Waals surface area contributed by atoms with Crippen LogP contribution in [-0.2, 0) is 75.1 Å². The van der Waals surface area contributed by atoms with Gasteiger partial charge < -0.3 is 70.3 Å². The minimum absolute atomic E-state index is 0.0207. The van der Waals surface area contributed by atoms with E-state index in [0.717, 1.165) is 23.4 Å². The molecular weight excluding hydrogens is 1020 g/mol. The number of aldehydes is 1. The van der Waals surface area contributed by atoms with E-state index < -0.39 is 48.2 Å². The van der Waals surface area contributed by atoms with Crippen LogP contribution in [0.25, 0.3) is 0 Å². The van der Waals surface area contributed by atoms with E-state index in [-0.39, 0.29) is 93.3 Å². The predicted molar refractivity (Wildman–Crippen MR) is 300 cm³/mol. The number of imide groups is 1. The molecule has 3 heterocycles. The first-order chi connectivity index (χ1) is 37.2. The molecule has 1 aromatic carbocycles. The number of methoxy groups -OCH3 is 1. The summed E-state index contributed by atoms with van der Waals surface area (Å²) in [4.78, 5) is 101. The monoisotopic (exact) mass is 1120 g/mol. The van der Waals surface area contributed by atoms with Gasteiger partial charge in [-0.25, -0.2) is 4.79 Å². The molecule has 0 spiro atoms. The van der Waals surface area contributed by atoms with Crippen LogP contribution in [0, 0.1) is 5.92 Å². The number of anilines is 1. The number of aryl methyl sites for hydroxylation is 1. The third-order valence-corrected chi connectivity index (χ3v) is 10.3. The van der Waals surface area contributed by atoms with E-state index in [1.165, 1.54) is 17.1 Å². The van der Waals surface area contributed by atoms with Crippen molar-refractivity contribution < 1.29 is 82.5 Å². The summed E-state index contributed by atoms with van der Waals surface area (Å²) in [5, 5.41) is 50.1. The van der Waals surface area contributed by atoms with Crippen LogP contribution in [0.4, 0.5) is 5.69 Å². The molecular formula is C55H100N6O17. The number of carboxylic acids is 1. The lowest BCUT2D eigenvalue weighted by Crippen LogP contribution is -2.53. The number of rotatable bonds is 23. The lowest BCUT2D eigenvalue weighted by Gasteiger charge is -2.35. The highest BCUT2D eigenvalue weighted by Crippen LogP contribution is 2.26. The van der Waals surface area contributed by atoms with Crippen LogP contribution >= 0.6 is 0 Å². The second-order valence-electron chi connectivity index (χ2n) is 16.5. The number of ether oxygens (including phenoxy) is 4. The summed E-state index contributed by atoms with van der Waals surface area (Å²) in [7, 11) is 3.47. The standard InChI is InChI=1S/C17H28N4O6.C17H23NO7.C7H16O2.C4H3NO2.5C2H6/c1-11(2)16(17(27)18-6-8-23)20-14(25)10-21-12(3-4-15(21)26)9-19-13(24)5-7-22;1-18-12-4-2-11(8-24-9-19)10(6-12)3-5-13-7-14(20)15(21)16(25-13)17(22)23;1-5-9-7(2,3)6-8-4;6-3-1-2-4(7)5-3;5*1-2/h8,11-12,16,22H,3-7,9-10H2,1-2H3,(H,18,27)(H,19,24)(H,20,25);2,4,6,9,13-16,18,20-21H,3,5,7-8H2,1H3,(H,22,23);5-6H2,1-4H3;1-2H,(H,5,6,7);5*1-2H3/t;13?,14?,15-,16?;;;;;;;/m.0......./s1. The van der Waals surface area contributed by atoms with Gasteiger partial charge in [0.2, 0.25) is 23.6 Å². The number of benzene rings is 1. The molecule has 4 rings (SSSR count). The van der Waals surface area contributed by atoms with Gasteiger partial charge >= 0.3 is 5.97 Å². The van der Waals surface area contributed by atoms with Crippen molar-refractivity contribution in [3.8, 4) is 0 Å². The van der Waals surface area contributed by atoms with E-state index in [2.05, 4.69) is 21.3 Å². The molecule has 0 aromatic heterocycles. The number of nitrogens with zero attached hydrogens (tertiary/aromatic N) is 1. The maximum atomic E-state index is 12.3. The highest BCUT2D eigenvalue weighted by Gasteiger charge is 2.41. The van der Waals surface area contributed by atoms with E-state index in [9.17, 15) is 53.4 Å². The quantitative estimate of drug-likeness (QED) is 0.0552. The van der Waals surface area contributed by atoms with E-state index in [4.69, 9.17) is 29.2 Å². The Kier molecular flexibility index (Phi) is 52.6. The summed E-state index contributed by atoms with van der Waals surface area (Å²) < 4.78 is 20.5. The van der Waals surface area contributed by atoms with Crippen molar-refractivity contribution in [3.05, 3.63) is 41.5 Å². The van der Waals surface area contributed by atoms with Crippen molar-refractivity contribution in [1.29, 1.82) is 0 Å². The van der Waals surface area contributed by atoms with Gasteiger partial charge in [0.05, 0.1) is 50.2 Å². The maximum Gasteiger partial charge on any atom is 0.335 e. The second-order valence-corrected chi connectivity index (χ2v) is 16.5. The van der Waals surface area contributed by atoms with Crippen LogP contribution < -0.4 is 26.6 Å². The molecule has 23 nitrogen and oxygen atoms in total. The molecule has 452 valence electrons. The van der Waals surface area contributed by atoms with Crippen LogP contribution in [-0.4, -0.2) is 175 Å². The first-order valence-corrected chi connectivity index (χ1v) is 27.1. The average Bonchev–Trinajstić information content (AvgIpc) is 3.99. The molecule has 2 saturated heterocycles. The van der Waals surface area contributed by atoms with Crippen LogP contribution in [0.2, 0.25) is 0 Å². The van der Waals surface area contributed by atoms with Crippen molar-refractivity contribution >= 4 is 59.9 Å². The summed E-state index contributed by atoms with van der Waals surface area (Å²) >= 11 is 0. The Labute approximate surface area is 464 Å². The number of nitrogens with one attached hydrogen (secondary N) is 5. The van der Waals surface area contributed by atoms with Gasteiger partial charge in [-0.2, -0.15) is 0 Å². The molecule has 0 bridgehead atoms. The van der Waals surface area contributed by atoms with Crippen LogP contribution in [0.15, 0.2) is 30.4 Å². The molecule has 0 saturated carbocycles. The summed E-state index contributed by atoms with van der Waals surface area (Å²) in [6, 6.07) is 4.51. The molecule has 2 fully saturated rings. The average molecular weight is 1120 g/mol. The summed E-state index contributed by atoms with van der Waals surface area (Å²) in [5.41, 5.74) is 2.55. The number of aliphatic carboxylic acids is 1. The van der Waals surface area contributed by atoms with Crippen LogP contribution in [0.3, 0.4) is 0 Å². The van der Waals surface area contributed by atoms with Gasteiger partial charge in [-0.3, -0.25) is 38.9 Å². The van der Waals surface area contributed by atoms with Gasteiger partial charge in [-0.1, -0.05) is 89.2 Å². The molecule has 6 atom stereocenters. The van der Waals surface area contributed by atoms with E-state index in [0.29, 0.717) is 38.6 Å². The number of hydrogen-bond donors (Lipinski definition) is 9. The minimum atomic E-state index is -1.43. The number of likely N-dealkylation sites (tertiary alicyclic amines) is 1. The molecule has 0 radical (unpaired) electrons. The van der Waals surface area contributed by atoms with E-state index in [1.54, 1.807) is 28.0 Å². The molecule has 23 heteroatoms. The fourth-order valence-electron chi connectivity index (χ4n) is 6.88. The van der Waals surface area contributed by atoms with Crippen LogP contribution in [0.5, 0.6) is 0 Å². The van der Waals surface area contributed by atoms with E-state index in [1.807, 2.05) is 114 Å². The smallest absolute Gasteiger partial charge is 0.335 e. The molecule has 0 aliphatic carbocycles. The van der Waals surface area contributed by atoms with E-state index >= 15 is 0 Å². The van der Waals surface area contributed by atoms with Gasteiger partial charge in [0.15, 0.2) is 6.10 Å². The van der Waals surface area contributed by atoms with Gasteiger partial charge in [0, 0.05) is 64.4 Å². The fraction of sp³-hybridized carbons (Fsp3) is 0.691. The molecule has 1 aromatic rings. The molecule has 3 aliphatic heterocycles. The lowest BCUT2D eigenvalue weighted by atomic mass is 9.93. The molecule has 6 amide bonds. The highest BCUT2D eigenvalue weighted by molar-refractivity contribution is 6.12. The zero-order valence-electron chi connectivity index (χ0n) is 49.8. The van der Waals surface area contributed by atoms with Gasteiger partial charge in [-0.15, -0.1) is 0 Å². The van der Waals surface area contributed by atoms with Crippen molar-refractivity contribution in [2.75, 3.05) is 58.9 Å². The van der Waals surface area contributed by atoms with Crippen LogP contribution in [0.1, 0.15) is 147 Å². The largest absolute Gasteiger partial charge is 0.479 e. The Morgan fingerprint density at radius 1 is 0.910 bits per heavy atom. The van der Waals surface area contributed by atoms with Crippen molar-refractivity contribution in [2.24, 2.45) is 5.92 Å². The molecule has 3 aliphatic rings. The third kappa shape index (κ3) is 36.3. The number of aliphatic hydroxyl groups is 3. The van der Waals surface area contributed by atoms with Gasteiger partial charge in [0.25, 0.3) is 18.3 Å². The molecule has 78 heavy (non-hydrogen) atoms. The fourth-order valence-corrected chi connectivity index (χ4v) is 6.88. The Balaban J connectivity index is -0.000000316. The minimum Gasteiger partial charge on any atom is -0.479 e. The number of aliphatic hydroxyl groups excluding tert-OH is 3. The lowest BCUT2D eigenvalue weighted by molar-refractivity contribution is -0.193. The molecule has 5 unspecified atom stereocenters. The second kappa shape index (κ2) is 50.6. The number of hydrogen-bond acceptors (Lipinski definition) is 17. The van der Waals surface area contributed by atoms with Crippen molar-refractivity contribution in [2.45, 2.75) is 191 Å². The third-order valence-electron chi connectivity index (χ3n) is 10.3. The van der Waals surface area contributed by atoms with Crippen molar-refractivity contribution in [3.63, 3.8) is 0 Å². The Morgan fingerprint density at radius 2 is 1.50 bits per heavy atom. The number of carboxylic acid groups (broad SMARTS) is 1. The van der Waals surface area contributed by atoms with Gasteiger partial charge in [-0.05, 0) is 69.2 Å². The summed E-state index contributed by atoms with van der Waals surface area (Å²) in [6.45, 7) is 31.0. The van der Waals surface area contributed by atoms with Crippen molar-refractivity contribution in [1.82, 2.24) is 26.2 Å². The number of carbonyl (C=O) groups is 9. The number of amides is 6. The Morgan fingerprint density at radius 3 is 1.96 bits per heavy atom. The zero-order valence-corrected chi connectivity index (χ0v) is 49.8. The Hall–Kier alpha value is -5.85. The zero-order chi connectivity index (χ0) is 61.4. The first-order valence-electron chi connectivity index (χ1n) is 27.1. The normalized spacial score (nSPS) is 17.8. The maximum absolute atomic E-state index is 12.3.